The van der Waals surface area contributed by atoms with E-state index >= 15 is 0 Å². The van der Waals surface area contributed by atoms with Crippen LogP contribution in [0.15, 0.2) is 53.9 Å². The number of hydrogen-bond acceptors (Lipinski definition) is 5. The molecule has 0 saturated heterocycles. The molecule has 1 heterocycles. The minimum atomic E-state index is -0.916. The van der Waals surface area contributed by atoms with E-state index in [0.717, 1.165) is 5.56 Å². The van der Waals surface area contributed by atoms with Gasteiger partial charge in [0.15, 0.2) is 11.8 Å². The van der Waals surface area contributed by atoms with E-state index in [1.165, 1.54) is 30.4 Å². The van der Waals surface area contributed by atoms with Crippen molar-refractivity contribution in [3.05, 3.63) is 76.5 Å². The predicted molar refractivity (Wildman–Crippen MR) is 97.9 cm³/mol. The molecule has 0 amide bonds. The van der Waals surface area contributed by atoms with Crippen LogP contribution in [0.3, 0.4) is 0 Å². The van der Waals surface area contributed by atoms with Gasteiger partial charge in [0.25, 0.3) is 0 Å². The summed E-state index contributed by atoms with van der Waals surface area (Å²) in [4.78, 5) is 28.8. The van der Waals surface area contributed by atoms with Crippen LogP contribution in [0.25, 0.3) is 10.6 Å². The lowest BCUT2D eigenvalue weighted by Crippen LogP contribution is -2.24. The molecule has 3 aromatic rings. The van der Waals surface area contributed by atoms with Gasteiger partial charge in [0.1, 0.15) is 10.8 Å². The normalized spacial score (nSPS) is 11.8. The van der Waals surface area contributed by atoms with Gasteiger partial charge in [-0.1, -0.05) is 29.8 Å². The molecule has 0 bridgehead atoms. The first kappa shape index (κ1) is 17.9. The summed E-state index contributed by atoms with van der Waals surface area (Å²) in [5, 5.41) is 2.14. The van der Waals surface area contributed by atoms with Crippen LogP contribution in [0.5, 0.6) is 0 Å². The molecule has 0 spiro atoms. The molecule has 0 aliphatic carbocycles. The largest absolute Gasteiger partial charge is 0.450 e. The Morgan fingerprint density at radius 2 is 1.73 bits per heavy atom. The molecule has 26 heavy (non-hydrogen) atoms. The number of rotatable bonds is 5. The highest BCUT2D eigenvalue weighted by molar-refractivity contribution is 7.13. The monoisotopic (exact) mass is 369 g/mol. The van der Waals surface area contributed by atoms with Crippen LogP contribution in [-0.2, 0) is 4.74 Å². The SMILES string of the molecule is Cc1ccc(C(=O)[C@@H](C)OC(=O)c2csc(-c3ccc(F)cc3)n2)cc1. The number of esters is 1. The lowest BCUT2D eigenvalue weighted by molar-refractivity contribution is 0.0314. The fourth-order valence-corrected chi connectivity index (χ4v) is 3.11. The Hall–Kier alpha value is -2.86. The van der Waals surface area contributed by atoms with Crippen molar-refractivity contribution in [3.63, 3.8) is 0 Å². The molecule has 3 rings (SSSR count). The van der Waals surface area contributed by atoms with Crippen molar-refractivity contribution in [2.45, 2.75) is 20.0 Å². The van der Waals surface area contributed by atoms with Crippen LogP contribution >= 0.6 is 11.3 Å². The average molecular weight is 369 g/mol. The molecule has 0 N–H and O–H groups in total. The van der Waals surface area contributed by atoms with Gasteiger partial charge in [0, 0.05) is 16.5 Å². The number of aromatic nitrogens is 1. The van der Waals surface area contributed by atoms with Crippen LogP contribution < -0.4 is 0 Å². The van der Waals surface area contributed by atoms with E-state index in [0.29, 0.717) is 16.1 Å². The quantitative estimate of drug-likeness (QED) is 0.484. The van der Waals surface area contributed by atoms with Crippen LogP contribution in [-0.4, -0.2) is 22.8 Å². The zero-order chi connectivity index (χ0) is 18.7. The first-order chi connectivity index (χ1) is 12.4. The summed E-state index contributed by atoms with van der Waals surface area (Å²) in [6.45, 7) is 3.46. The summed E-state index contributed by atoms with van der Waals surface area (Å²) in [6.07, 6.45) is -0.916. The number of carbonyl (C=O) groups is 2. The highest BCUT2D eigenvalue weighted by Crippen LogP contribution is 2.24. The molecule has 2 aromatic carbocycles. The van der Waals surface area contributed by atoms with E-state index < -0.39 is 12.1 Å². The minimum absolute atomic E-state index is 0.123. The fourth-order valence-electron chi connectivity index (χ4n) is 2.32. The van der Waals surface area contributed by atoms with E-state index in [4.69, 9.17) is 4.74 Å². The van der Waals surface area contributed by atoms with E-state index in [1.54, 1.807) is 29.6 Å². The lowest BCUT2D eigenvalue weighted by Gasteiger charge is -2.11. The number of nitrogens with zero attached hydrogens (tertiary/aromatic N) is 1. The topological polar surface area (TPSA) is 56.3 Å². The zero-order valence-electron chi connectivity index (χ0n) is 14.2. The van der Waals surface area contributed by atoms with Gasteiger partial charge in [-0.2, -0.15) is 0 Å². The summed E-state index contributed by atoms with van der Waals surface area (Å²) < 4.78 is 18.2. The van der Waals surface area contributed by atoms with Crippen LogP contribution in [0.4, 0.5) is 4.39 Å². The number of hydrogen-bond donors (Lipinski definition) is 0. The number of ether oxygens (including phenoxy) is 1. The molecule has 0 saturated carbocycles. The number of carbonyl (C=O) groups excluding carboxylic acids is 2. The van der Waals surface area contributed by atoms with Crippen molar-refractivity contribution < 1.29 is 18.7 Å². The Kier molecular flexibility index (Phi) is 5.23. The highest BCUT2D eigenvalue weighted by atomic mass is 32.1. The van der Waals surface area contributed by atoms with Crippen molar-refractivity contribution in [1.29, 1.82) is 0 Å². The molecule has 0 aliphatic heterocycles. The molecule has 0 radical (unpaired) electrons. The fraction of sp³-hybridized carbons (Fsp3) is 0.150. The van der Waals surface area contributed by atoms with Crippen molar-refractivity contribution >= 4 is 23.1 Å². The third-order valence-electron chi connectivity index (χ3n) is 3.79. The van der Waals surface area contributed by atoms with Crippen molar-refractivity contribution in [3.8, 4) is 10.6 Å². The van der Waals surface area contributed by atoms with Gasteiger partial charge < -0.3 is 4.74 Å². The Bertz CT molecular complexity index is 932. The van der Waals surface area contributed by atoms with Crippen molar-refractivity contribution in [1.82, 2.24) is 4.98 Å². The number of benzene rings is 2. The Morgan fingerprint density at radius 1 is 1.08 bits per heavy atom. The molecule has 132 valence electrons. The van der Waals surface area contributed by atoms with Gasteiger partial charge in [-0.25, -0.2) is 14.2 Å². The van der Waals surface area contributed by atoms with E-state index in [9.17, 15) is 14.0 Å². The Labute approximate surface area is 154 Å². The summed E-state index contributed by atoms with van der Waals surface area (Å²) in [7, 11) is 0. The van der Waals surface area contributed by atoms with E-state index in [-0.39, 0.29) is 17.3 Å². The van der Waals surface area contributed by atoms with Gasteiger partial charge in [0.2, 0.25) is 5.78 Å². The maximum Gasteiger partial charge on any atom is 0.358 e. The van der Waals surface area contributed by atoms with Gasteiger partial charge >= 0.3 is 5.97 Å². The number of thiazole rings is 1. The van der Waals surface area contributed by atoms with Gasteiger partial charge in [-0.3, -0.25) is 4.79 Å². The molecule has 1 aromatic heterocycles. The van der Waals surface area contributed by atoms with Crippen molar-refractivity contribution in [2.24, 2.45) is 0 Å². The molecule has 4 nitrogen and oxygen atoms in total. The molecule has 0 unspecified atom stereocenters. The summed E-state index contributed by atoms with van der Waals surface area (Å²) >= 11 is 1.25. The average Bonchev–Trinajstić information content (AvgIpc) is 3.12. The van der Waals surface area contributed by atoms with Crippen LogP contribution in [0.1, 0.15) is 33.3 Å². The number of ketones is 1. The van der Waals surface area contributed by atoms with Crippen LogP contribution in [0.2, 0.25) is 0 Å². The predicted octanol–water partition coefficient (Wildman–Crippen LogP) is 4.69. The molecular formula is C20H16FNO3S. The van der Waals surface area contributed by atoms with Crippen molar-refractivity contribution in [2.75, 3.05) is 0 Å². The maximum absolute atomic E-state index is 13.0. The second kappa shape index (κ2) is 7.58. The molecular weight excluding hydrogens is 353 g/mol. The van der Waals surface area contributed by atoms with Crippen LogP contribution in [0, 0.1) is 12.7 Å². The summed E-state index contributed by atoms with van der Waals surface area (Å²) in [6, 6.07) is 12.9. The van der Waals surface area contributed by atoms with Gasteiger partial charge in [-0.05, 0) is 38.1 Å². The molecule has 0 aliphatic rings. The molecule has 1 atom stereocenters. The third kappa shape index (κ3) is 4.03. The Balaban J connectivity index is 1.69. The first-order valence-electron chi connectivity index (χ1n) is 7.97. The zero-order valence-corrected chi connectivity index (χ0v) is 15.0. The maximum atomic E-state index is 13.0. The molecule has 6 heteroatoms. The standard InChI is InChI=1S/C20H16FNO3S/c1-12-3-5-14(6-4-12)18(23)13(2)25-20(24)17-11-26-19(22-17)15-7-9-16(21)10-8-15/h3-11,13H,1-2H3/t13-/m1/s1. The number of halogens is 1. The van der Waals surface area contributed by atoms with E-state index in [1.807, 2.05) is 19.1 Å². The summed E-state index contributed by atoms with van der Waals surface area (Å²) in [5.41, 5.74) is 2.36. The van der Waals surface area contributed by atoms with Gasteiger partial charge in [-0.15, -0.1) is 11.3 Å². The number of Topliss-reactive ketones (excluding diaryl/α,β-unsaturated/α-hetero) is 1. The number of aryl methyl sites for hydroxylation is 1. The first-order valence-corrected chi connectivity index (χ1v) is 8.85. The summed E-state index contributed by atoms with van der Waals surface area (Å²) in [5.74, 6) is -1.27. The molecule has 0 fully saturated rings. The smallest absolute Gasteiger partial charge is 0.358 e. The highest BCUT2D eigenvalue weighted by Gasteiger charge is 2.22. The minimum Gasteiger partial charge on any atom is -0.450 e. The second-order valence-corrected chi connectivity index (χ2v) is 6.68. The third-order valence-corrected chi connectivity index (χ3v) is 4.68. The second-order valence-electron chi connectivity index (χ2n) is 5.82. The lowest BCUT2D eigenvalue weighted by atomic mass is 10.1. The van der Waals surface area contributed by atoms with E-state index in [2.05, 4.69) is 4.98 Å². The Morgan fingerprint density at radius 3 is 2.38 bits per heavy atom. The van der Waals surface area contributed by atoms with Gasteiger partial charge in [0.05, 0.1) is 0 Å².